The lowest BCUT2D eigenvalue weighted by molar-refractivity contribution is -0.123. The van der Waals surface area contributed by atoms with Crippen LogP contribution in [0.25, 0.3) is 0 Å². The van der Waals surface area contributed by atoms with Gasteiger partial charge in [0.05, 0.1) is 0 Å². The van der Waals surface area contributed by atoms with Crippen LogP contribution in [0.4, 0.5) is 0 Å². The van der Waals surface area contributed by atoms with Crippen LogP contribution in [0.3, 0.4) is 0 Å². The van der Waals surface area contributed by atoms with Crippen molar-refractivity contribution < 1.29 is 4.79 Å². The molecule has 0 N–H and O–H groups in total. The van der Waals surface area contributed by atoms with Gasteiger partial charge in [0.2, 0.25) is 0 Å². The molecule has 3 saturated carbocycles. The van der Waals surface area contributed by atoms with E-state index in [-0.39, 0.29) is 0 Å². The summed E-state index contributed by atoms with van der Waals surface area (Å²) in [5.74, 6) is 5.23. The van der Waals surface area contributed by atoms with Crippen molar-refractivity contribution in [2.24, 2.45) is 29.6 Å². The maximum absolute atomic E-state index is 11.5. The van der Waals surface area contributed by atoms with E-state index in [4.69, 9.17) is 0 Å². The van der Waals surface area contributed by atoms with Crippen LogP contribution in [0.1, 0.15) is 71.1 Å². The van der Waals surface area contributed by atoms with E-state index in [2.05, 4.69) is 6.92 Å². The maximum Gasteiger partial charge on any atom is 0.133 e. The van der Waals surface area contributed by atoms with Crippen LogP contribution in [-0.2, 0) is 4.79 Å². The summed E-state index contributed by atoms with van der Waals surface area (Å²) in [5.41, 5.74) is 0. The summed E-state index contributed by atoms with van der Waals surface area (Å²) >= 11 is 0. The summed E-state index contributed by atoms with van der Waals surface area (Å²) in [6.07, 6.45) is 13.2. The SMILES string of the molecule is CC1CCC(C2CCC3CC(=O)CCC3C2)CC1. The molecule has 0 spiro atoms. The minimum absolute atomic E-state index is 0.543. The number of hydrogen-bond donors (Lipinski definition) is 0. The zero-order chi connectivity index (χ0) is 12.5. The molecule has 0 aromatic rings. The van der Waals surface area contributed by atoms with Gasteiger partial charge in [-0.3, -0.25) is 4.79 Å². The van der Waals surface area contributed by atoms with E-state index in [1.807, 2.05) is 0 Å². The quantitative estimate of drug-likeness (QED) is 0.663. The van der Waals surface area contributed by atoms with Crippen LogP contribution < -0.4 is 0 Å². The molecule has 102 valence electrons. The second kappa shape index (κ2) is 5.35. The highest BCUT2D eigenvalue weighted by atomic mass is 16.1. The third-order valence-corrected chi connectivity index (χ3v) is 6.19. The normalized spacial score (nSPS) is 45.6. The van der Waals surface area contributed by atoms with Crippen molar-refractivity contribution in [3.05, 3.63) is 0 Å². The van der Waals surface area contributed by atoms with Gasteiger partial charge >= 0.3 is 0 Å². The van der Waals surface area contributed by atoms with Crippen molar-refractivity contribution in [3.63, 3.8) is 0 Å². The lowest BCUT2D eigenvalue weighted by Gasteiger charge is -2.43. The topological polar surface area (TPSA) is 17.1 Å². The van der Waals surface area contributed by atoms with Crippen LogP contribution in [0.2, 0.25) is 0 Å². The zero-order valence-corrected chi connectivity index (χ0v) is 11.9. The largest absolute Gasteiger partial charge is 0.300 e. The average Bonchev–Trinajstić information content (AvgIpc) is 2.39. The minimum atomic E-state index is 0.543. The lowest BCUT2D eigenvalue weighted by atomic mass is 9.62. The Hall–Kier alpha value is -0.330. The standard InChI is InChI=1S/C17H28O/c1-12-2-4-13(5-3-12)14-6-7-16-11-17(18)9-8-15(16)10-14/h12-16H,2-11H2,1H3. The van der Waals surface area contributed by atoms with Crippen LogP contribution in [0.5, 0.6) is 0 Å². The molecule has 0 aromatic heterocycles. The third kappa shape index (κ3) is 2.65. The first-order valence-corrected chi connectivity index (χ1v) is 8.24. The second-order valence-corrected chi connectivity index (χ2v) is 7.39. The first kappa shape index (κ1) is 12.7. The first-order valence-electron chi connectivity index (χ1n) is 8.24. The Balaban J connectivity index is 1.55. The summed E-state index contributed by atoms with van der Waals surface area (Å²) < 4.78 is 0. The molecule has 3 rings (SSSR count). The molecule has 1 heteroatoms. The number of fused-ring (bicyclic) bond motifs is 1. The van der Waals surface area contributed by atoms with Crippen molar-refractivity contribution in [2.75, 3.05) is 0 Å². The van der Waals surface area contributed by atoms with Gasteiger partial charge in [0.15, 0.2) is 0 Å². The predicted octanol–water partition coefficient (Wildman–Crippen LogP) is 4.60. The van der Waals surface area contributed by atoms with Crippen molar-refractivity contribution in [3.8, 4) is 0 Å². The Morgan fingerprint density at radius 1 is 0.778 bits per heavy atom. The molecule has 18 heavy (non-hydrogen) atoms. The Morgan fingerprint density at radius 2 is 1.39 bits per heavy atom. The number of ketones is 1. The monoisotopic (exact) mass is 248 g/mol. The molecule has 0 radical (unpaired) electrons. The minimum Gasteiger partial charge on any atom is -0.300 e. The van der Waals surface area contributed by atoms with E-state index in [0.29, 0.717) is 5.78 Å². The molecule has 3 aliphatic carbocycles. The van der Waals surface area contributed by atoms with Gasteiger partial charge in [-0.15, -0.1) is 0 Å². The molecule has 3 unspecified atom stereocenters. The predicted molar refractivity (Wildman–Crippen MR) is 74.3 cm³/mol. The maximum atomic E-state index is 11.5. The van der Waals surface area contributed by atoms with E-state index < -0.39 is 0 Å². The van der Waals surface area contributed by atoms with Crippen LogP contribution in [0.15, 0.2) is 0 Å². The summed E-state index contributed by atoms with van der Waals surface area (Å²) in [7, 11) is 0. The van der Waals surface area contributed by atoms with Gasteiger partial charge in [-0.2, -0.15) is 0 Å². The van der Waals surface area contributed by atoms with Crippen LogP contribution in [-0.4, -0.2) is 5.78 Å². The molecule has 0 aliphatic heterocycles. The Morgan fingerprint density at radius 3 is 2.17 bits per heavy atom. The van der Waals surface area contributed by atoms with E-state index in [9.17, 15) is 4.79 Å². The summed E-state index contributed by atoms with van der Waals surface area (Å²) in [6.45, 7) is 2.42. The van der Waals surface area contributed by atoms with Crippen molar-refractivity contribution >= 4 is 5.78 Å². The first-order chi connectivity index (χ1) is 8.72. The van der Waals surface area contributed by atoms with Gasteiger partial charge in [-0.05, 0) is 68.1 Å². The fourth-order valence-corrected chi connectivity index (χ4v) is 4.91. The van der Waals surface area contributed by atoms with Crippen LogP contribution >= 0.6 is 0 Å². The molecular weight excluding hydrogens is 220 g/mol. The van der Waals surface area contributed by atoms with Gasteiger partial charge in [-0.25, -0.2) is 0 Å². The Labute approximate surface area is 112 Å². The van der Waals surface area contributed by atoms with Gasteiger partial charge in [-0.1, -0.05) is 19.8 Å². The average molecular weight is 248 g/mol. The summed E-state index contributed by atoms with van der Waals surface area (Å²) in [5, 5.41) is 0. The number of carbonyl (C=O) groups is 1. The molecule has 1 nitrogen and oxygen atoms in total. The molecule has 0 saturated heterocycles. The Kier molecular flexibility index (Phi) is 3.77. The lowest BCUT2D eigenvalue weighted by Crippen LogP contribution is -2.34. The number of Topliss-reactive ketones (excluding diaryl/α,β-unsaturated/α-hetero) is 1. The fourth-order valence-electron chi connectivity index (χ4n) is 4.91. The van der Waals surface area contributed by atoms with Crippen molar-refractivity contribution in [2.45, 2.75) is 71.1 Å². The molecule has 0 bridgehead atoms. The van der Waals surface area contributed by atoms with Crippen molar-refractivity contribution in [1.29, 1.82) is 0 Å². The molecule has 0 heterocycles. The van der Waals surface area contributed by atoms with Crippen LogP contribution in [0, 0.1) is 29.6 Å². The molecule has 3 fully saturated rings. The van der Waals surface area contributed by atoms with Gasteiger partial charge in [0, 0.05) is 12.8 Å². The van der Waals surface area contributed by atoms with Gasteiger partial charge in [0.1, 0.15) is 5.78 Å². The van der Waals surface area contributed by atoms with Crippen molar-refractivity contribution in [1.82, 2.24) is 0 Å². The van der Waals surface area contributed by atoms with E-state index >= 15 is 0 Å². The van der Waals surface area contributed by atoms with Gasteiger partial charge < -0.3 is 0 Å². The summed E-state index contributed by atoms with van der Waals surface area (Å²) in [4.78, 5) is 11.5. The van der Waals surface area contributed by atoms with E-state index in [1.165, 1.54) is 51.4 Å². The molecule has 0 aromatic carbocycles. The number of hydrogen-bond acceptors (Lipinski definition) is 1. The number of rotatable bonds is 1. The molecule has 3 atom stereocenters. The highest BCUT2D eigenvalue weighted by Crippen LogP contribution is 2.47. The third-order valence-electron chi connectivity index (χ3n) is 6.19. The fraction of sp³-hybridized carbons (Fsp3) is 0.941. The zero-order valence-electron chi connectivity index (χ0n) is 11.9. The smallest absolute Gasteiger partial charge is 0.133 e. The summed E-state index contributed by atoms with van der Waals surface area (Å²) in [6, 6.07) is 0. The molecular formula is C17H28O. The molecule has 0 amide bonds. The van der Waals surface area contributed by atoms with E-state index in [0.717, 1.165) is 42.4 Å². The highest BCUT2D eigenvalue weighted by molar-refractivity contribution is 5.79. The highest BCUT2D eigenvalue weighted by Gasteiger charge is 2.37. The van der Waals surface area contributed by atoms with Gasteiger partial charge in [0.25, 0.3) is 0 Å². The second-order valence-electron chi connectivity index (χ2n) is 7.39. The molecule has 3 aliphatic rings. The van der Waals surface area contributed by atoms with E-state index in [1.54, 1.807) is 0 Å². The number of carbonyl (C=O) groups excluding carboxylic acids is 1. The Bertz CT molecular complexity index is 301.